The van der Waals surface area contributed by atoms with E-state index in [1.54, 1.807) is 13.0 Å². The molecule has 0 saturated carbocycles. The number of halogens is 2. The Morgan fingerprint density at radius 3 is 2.77 bits per heavy atom. The Bertz CT molecular complexity index is 1010. The molecule has 0 atom stereocenters. The van der Waals surface area contributed by atoms with Crippen LogP contribution in [0.1, 0.15) is 16.2 Å². The van der Waals surface area contributed by atoms with E-state index in [1.165, 1.54) is 30.6 Å². The number of nitrogens with zero attached hydrogens (tertiary/aromatic N) is 3. The van der Waals surface area contributed by atoms with E-state index in [0.29, 0.717) is 11.5 Å². The highest BCUT2D eigenvalue weighted by molar-refractivity contribution is 6.08. The largest absolute Gasteiger partial charge is 0.586 e. The van der Waals surface area contributed by atoms with E-state index in [2.05, 4.69) is 29.9 Å². The summed E-state index contributed by atoms with van der Waals surface area (Å²) in [6, 6.07) is 5.50. The van der Waals surface area contributed by atoms with Gasteiger partial charge < -0.3 is 19.3 Å². The number of hydrogen-bond donors (Lipinski definition) is 1. The number of ether oxygens (including phenoxy) is 2. The van der Waals surface area contributed by atoms with Crippen molar-refractivity contribution in [2.24, 2.45) is 0 Å². The number of carbonyl (C=O) groups is 1. The summed E-state index contributed by atoms with van der Waals surface area (Å²) in [6.07, 6.45) is -0.893. The SMILES string of the molecule is Cc1nc(-c2ccncc2C(=O)Nc2ccc3c(c2)OC(F)(F)O3)no1. The zero-order chi connectivity index (χ0) is 18.3. The molecule has 1 aromatic carbocycles. The summed E-state index contributed by atoms with van der Waals surface area (Å²) in [5.74, 6) is -0.230. The van der Waals surface area contributed by atoms with Crippen LogP contribution >= 0.6 is 0 Å². The highest BCUT2D eigenvalue weighted by Crippen LogP contribution is 2.42. The van der Waals surface area contributed by atoms with Crippen LogP contribution in [0.5, 0.6) is 11.5 Å². The van der Waals surface area contributed by atoms with Crippen molar-refractivity contribution in [2.45, 2.75) is 13.2 Å². The number of aryl methyl sites for hydroxylation is 1. The number of nitrogens with one attached hydrogen (secondary N) is 1. The van der Waals surface area contributed by atoms with Crippen LogP contribution in [0, 0.1) is 6.92 Å². The van der Waals surface area contributed by atoms with Crippen LogP contribution in [-0.4, -0.2) is 27.3 Å². The first-order chi connectivity index (χ1) is 12.4. The molecule has 0 bridgehead atoms. The molecule has 3 heterocycles. The first kappa shape index (κ1) is 15.9. The summed E-state index contributed by atoms with van der Waals surface area (Å²) in [4.78, 5) is 20.6. The van der Waals surface area contributed by atoms with E-state index in [1.807, 2.05) is 0 Å². The van der Waals surface area contributed by atoms with Crippen molar-refractivity contribution in [1.82, 2.24) is 15.1 Å². The molecule has 132 valence electrons. The molecule has 1 aliphatic rings. The maximum atomic E-state index is 13.1. The lowest BCUT2D eigenvalue weighted by molar-refractivity contribution is -0.286. The highest BCUT2D eigenvalue weighted by Gasteiger charge is 2.43. The number of aromatic nitrogens is 3. The number of carbonyl (C=O) groups excluding carboxylic acids is 1. The zero-order valence-electron chi connectivity index (χ0n) is 13.2. The van der Waals surface area contributed by atoms with Gasteiger partial charge in [0, 0.05) is 36.6 Å². The Hall–Kier alpha value is -3.56. The van der Waals surface area contributed by atoms with Crippen LogP contribution in [0.2, 0.25) is 0 Å². The van der Waals surface area contributed by atoms with Gasteiger partial charge in [0.25, 0.3) is 5.91 Å². The molecule has 0 radical (unpaired) electrons. The van der Waals surface area contributed by atoms with Crippen LogP contribution in [0.3, 0.4) is 0 Å². The third-order valence-electron chi connectivity index (χ3n) is 3.49. The Labute approximate surface area is 144 Å². The van der Waals surface area contributed by atoms with E-state index >= 15 is 0 Å². The molecule has 3 aromatic rings. The van der Waals surface area contributed by atoms with Crippen molar-refractivity contribution in [3.8, 4) is 22.9 Å². The van der Waals surface area contributed by atoms with Gasteiger partial charge in [0.1, 0.15) is 0 Å². The van der Waals surface area contributed by atoms with Crippen molar-refractivity contribution < 1.29 is 27.6 Å². The van der Waals surface area contributed by atoms with Gasteiger partial charge in [-0.25, -0.2) is 0 Å². The molecular weight excluding hydrogens is 350 g/mol. The lowest BCUT2D eigenvalue weighted by Gasteiger charge is -2.08. The Morgan fingerprint density at radius 2 is 2.00 bits per heavy atom. The van der Waals surface area contributed by atoms with Gasteiger partial charge in [-0.3, -0.25) is 9.78 Å². The Morgan fingerprint density at radius 1 is 1.19 bits per heavy atom. The van der Waals surface area contributed by atoms with E-state index in [4.69, 9.17) is 4.52 Å². The molecule has 26 heavy (non-hydrogen) atoms. The molecule has 0 aliphatic carbocycles. The predicted octanol–water partition coefficient (Wildman–Crippen LogP) is 3.01. The number of benzene rings is 1. The van der Waals surface area contributed by atoms with E-state index < -0.39 is 12.2 Å². The molecule has 2 aromatic heterocycles. The molecule has 10 heteroatoms. The molecule has 4 rings (SSSR count). The number of hydrogen-bond acceptors (Lipinski definition) is 7. The second-order valence-electron chi connectivity index (χ2n) is 5.34. The number of pyridine rings is 1. The number of rotatable bonds is 3. The van der Waals surface area contributed by atoms with Crippen LogP contribution in [0.15, 0.2) is 41.2 Å². The van der Waals surface area contributed by atoms with Crippen LogP contribution < -0.4 is 14.8 Å². The van der Waals surface area contributed by atoms with Gasteiger partial charge in [-0.2, -0.15) is 4.98 Å². The standard InChI is InChI=1S/C16H10F2N4O4/c1-8-20-14(22-26-8)10-4-5-19-7-11(10)15(23)21-9-2-3-12-13(6-9)25-16(17,18)24-12/h2-7H,1H3,(H,21,23). The lowest BCUT2D eigenvalue weighted by Crippen LogP contribution is -2.25. The summed E-state index contributed by atoms with van der Waals surface area (Å²) in [5.41, 5.74) is 0.854. The Balaban J connectivity index is 1.61. The minimum Gasteiger partial charge on any atom is -0.395 e. The van der Waals surface area contributed by atoms with Gasteiger partial charge in [-0.05, 0) is 18.2 Å². The van der Waals surface area contributed by atoms with Gasteiger partial charge in [-0.1, -0.05) is 5.16 Å². The molecule has 0 fully saturated rings. The Kier molecular flexibility index (Phi) is 3.53. The quantitative estimate of drug-likeness (QED) is 0.766. The van der Waals surface area contributed by atoms with E-state index in [9.17, 15) is 13.6 Å². The molecule has 1 N–H and O–H groups in total. The van der Waals surface area contributed by atoms with Gasteiger partial charge >= 0.3 is 6.29 Å². The number of amides is 1. The van der Waals surface area contributed by atoms with Crippen LogP contribution in [0.25, 0.3) is 11.4 Å². The highest BCUT2D eigenvalue weighted by atomic mass is 19.3. The number of anilines is 1. The average molecular weight is 360 g/mol. The number of alkyl halides is 2. The fraction of sp³-hybridized carbons (Fsp3) is 0.125. The van der Waals surface area contributed by atoms with Crippen molar-refractivity contribution >= 4 is 11.6 Å². The van der Waals surface area contributed by atoms with Gasteiger partial charge in [0.15, 0.2) is 11.5 Å². The third kappa shape index (κ3) is 2.92. The van der Waals surface area contributed by atoms with Gasteiger partial charge in [0.05, 0.1) is 5.56 Å². The van der Waals surface area contributed by atoms with E-state index in [0.717, 1.165) is 0 Å². The summed E-state index contributed by atoms with van der Waals surface area (Å²) in [5, 5.41) is 6.37. The summed E-state index contributed by atoms with van der Waals surface area (Å²) in [6.45, 7) is 1.62. The molecule has 0 saturated heterocycles. The van der Waals surface area contributed by atoms with Gasteiger partial charge in [0.2, 0.25) is 11.7 Å². The minimum absolute atomic E-state index is 0.114. The van der Waals surface area contributed by atoms with Crippen molar-refractivity contribution in [3.05, 3.63) is 48.1 Å². The predicted molar refractivity (Wildman–Crippen MR) is 82.9 cm³/mol. The van der Waals surface area contributed by atoms with Crippen LogP contribution in [-0.2, 0) is 0 Å². The zero-order valence-corrected chi connectivity index (χ0v) is 13.2. The van der Waals surface area contributed by atoms with Crippen molar-refractivity contribution in [2.75, 3.05) is 5.32 Å². The fourth-order valence-electron chi connectivity index (χ4n) is 2.40. The minimum atomic E-state index is -3.72. The fourth-order valence-corrected chi connectivity index (χ4v) is 2.40. The molecule has 0 unspecified atom stereocenters. The monoisotopic (exact) mass is 360 g/mol. The maximum Gasteiger partial charge on any atom is 0.586 e. The van der Waals surface area contributed by atoms with Gasteiger partial charge in [-0.15, -0.1) is 8.78 Å². The molecule has 1 aliphatic heterocycles. The summed E-state index contributed by atoms with van der Waals surface area (Å²) < 4.78 is 39.8. The summed E-state index contributed by atoms with van der Waals surface area (Å²) in [7, 11) is 0. The smallest absolute Gasteiger partial charge is 0.395 e. The first-order valence-corrected chi connectivity index (χ1v) is 7.37. The average Bonchev–Trinajstić information content (AvgIpc) is 3.15. The molecular formula is C16H10F2N4O4. The van der Waals surface area contributed by atoms with E-state index in [-0.39, 0.29) is 28.6 Å². The second kappa shape index (κ2) is 5.76. The van der Waals surface area contributed by atoms with Crippen molar-refractivity contribution in [3.63, 3.8) is 0 Å². The third-order valence-corrected chi connectivity index (χ3v) is 3.49. The molecule has 0 spiro atoms. The number of fused-ring (bicyclic) bond motifs is 1. The first-order valence-electron chi connectivity index (χ1n) is 7.37. The topological polar surface area (TPSA) is 99.4 Å². The summed E-state index contributed by atoms with van der Waals surface area (Å²) >= 11 is 0. The second-order valence-corrected chi connectivity index (χ2v) is 5.34. The normalized spacial score (nSPS) is 14.3. The lowest BCUT2D eigenvalue weighted by atomic mass is 10.1. The molecule has 8 nitrogen and oxygen atoms in total. The maximum absolute atomic E-state index is 13.1. The van der Waals surface area contributed by atoms with Crippen molar-refractivity contribution in [1.29, 1.82) is 0 Å². The van der Waals surface area contributed by atoms with Crippen LogP contribution in [0.4, 0.5) is 14.5 Å². The molecule has 1 amide bonds.